The topological polar surface area (TPSA) is 80.3 Å². The third-order valence-electron chi connectivity index (χ3n) is 7.61. The van der Waals surface area contributed by atoms with Gasteiger partial charge in [-0.1, -0.05) is 17.9 Å². The summed E-state index contributed by atoms with van der Waals surface area (Å²) >= 11 is 0. The first-order chi connectivity index (χ1) is 19.3. The summed E-state index contributed by atoms with van der Waals surface area (Å²) in [5.74, 6) is 6.57. The fourth-order valence-corrected chi connectivity index (χ4v) is 5.60. The van der Waals surface area contributed by atoms with Gasteiger partial charge in [0, 0.05) is 47.8 Å². The van der Waals surface area contributed by atoms with E-state index in [0.717, 1.165) is 63.7 Å². The van der Waals surface area contributed by atoms with Crippen molar-refractivity contribution >= 4 is 17.1 Å². The summed E-state index contributed by atoms with van der Waals surface area (Å²) in [6.45, 7) is 9.71. The average molecular weight is 535 g/mol. The molecule has 1 amide bonds. The highest BCUT2D eigenvalue weighted by molar-refractivity contribution is 5.87. The molecule has 4 aromatic rings. The molecule has 5 heterocycles. The summed E-state index contributed by atoms with van der Waals surface area (Å²) in [6.07, 6.45) is 9.82. The number of pyridine rings is 2. The van der Waals surface area contributed by atoms with Crippen LogP contribution in [0.4, 0.5) is 4.79 Å². The van der Waals surface area contributed by atoms with Crippen molar-refractivity contribution in [1.82, 2.24) is 19.9 Å². The number of fused-ring (bicyclic) bond motifs is 2. The van der Waals surface area contributed by atoms with Crippen LogP contribution in [-0.2, 0) is 22.5 Å². The Morgan fingerprint density at radius 3 is 2.83 bits per heavy atom. The van der Waals surface area contributed by atoms with Gasteiger partial charge in [0.15, 0.2) is 0 Å². The monoisotopic (exact) mass is 534 g/mol. The fraction of sp³-hybridized carbons (Fsp3) is 0.364. The van der Waals surface area contributed by atoms with E-state index in [4.69, 9.17) is 14.5 Å². The van der Waals surface area contributed by atoms with Gasteiger partial charge < -0.3 is 19.4 Å². The predicted molar refractivity (Wildman–Crippen MR) is 155 cm³/mol. The normalized spacial score (nSPS) is 16.9. The standard InChI is InChI=1S/C33H34N4O3/c1-21-9-11-34-17-23(21)7-8-24-18-35-31-27(24)16-26(19-36-31)25-14-22-10-13-39-20-29(22)28(15-25)30-6-5-12-37(30)32(38)40-33(2,3)4/h9,11,14-19,30H,5-6,10,12-13,20H2,1-4H3,(H,35,36)/t30-/m0/s1. The molecule has 40 heavy (non-hydrogen) atoms. The Balaban J connectivity index is 1.40. The Morgan fingerprint density at radius 2 is 2.00 bits per heavy atom. The molecule has 0 aliphatic carbocycles. The third kappa shape index (κ3) is 5.20. The zero-order chi connectivity index (χ0) is 27.9. The third-order valence-corrected chi connectivity index (χ3v) is 7.61. The van der Waals surface area contributed by atoms with Crippen molar-refractivity contribution in [1.29, 1.82) is 0 Å². The predicted octanol–water partition coefficient (Wildman–Crippen LogP) is 6.48. The van der Waals surface area contributed by atoms with Crippen molar-refractivity contribution in [2.45, 2.75) is 65.2 Å². The van der Waals surface area contributed by atoms with Crippen molar-refractivity contribution in [3.63, 3.8) is 0 Å². The van der Waals surface area contributed by atoms with Gasteiger partial charge in [-0.15, -0.1) is 0 Å². The van der Waals surface area contributed by atoms with Crippen LogP contribution in [0.3, 0.4) is 0 Å². The van der Waals surface area contributed by atoms with Crippen LogP contribution in [0.25, 0.3) is 22.2 Å². The van der Waals surface area contributed by atoms with E-state index in [0.29, 0.717) is 19.8 Å². The second-order valence-corrected chi connectivity index (χ2v) is 11.6. The van der Waals surface area contributed by atoms with Crippen LogP contribution in [0.5, 0.6) is 0 Å². The SMILES string of the molecule is Cc1ccncc1C#Cc1c[nH]c2ncc(-c3cc4c(c([C@@H]5CCCN5C(=O)OC(C)(C)C)c3)COCC4)cc12. The first-order valence-electron chi connectivity index (χ1n) is 13.9. The van der Waals surface area contributed by atoms with E-state index < -0.39 is 5.60 Å². The number of aromatic nitrogens is 3. The first-order valence-corrected chi connectivity index (χ1v) is 13.9. The number of ether oxygens (including phenoxy) is 2. The van der Waals surface area contributed by atoms with E-state index in [9.17, 15) is 4.79 Å². The van der Waals surface area contributed by atoms with Gasteiger partial charge in [-0.3, -0.25) is 4.98 Å². The molecule has 1 fully saturated rings. The zero-order valence-electron chi connectivity index (χ0n) is 23.5. The van der Waals surface area contributed by atoms with Gasteiger partial charge in [0.2, 0.25) is 0 Å². The Bertz CT molecular complexity index is 1650. The second-order valence-electron chi connectivity index (χ2n) is 11.6. The lowest BCUT2D eigenvalue weighted by molar-refractivity contribution is 0.0221. The maximum absolute atomic E-state index is 13.1. The number of carbonyl (C=O) groups is 1. The minimum atomic E-state index is -0.539. The minimum absolute atomic E-state index is 0.0432. The molecular formula is C33H34N4O3. The Hall–Kier alpha value is -4.15. The van der Waals surface area contributed by atoms with E-state index in [-0.39, 0.29) is 12.1 Å². The lowest BCUT2D eigenvalue weighted by Crippen LogP contribution is -2.36. The largest absolute Gasteiger partial charge is 0.444 e. The summed E-state index contributed by atoms with van der Waals surface area (Å²) in [7, 11) is 0. The molecule has 0 spiro atoms. The minimum Gasteiger partial charge on any atom is -0.444 e. The number of aryl methyl sites for hydroxylation is 1. The second kappa shape index (κ2) is 10.4. The highest BCUT2D eigenvalue weighted by Crippen LogP contribution is 2.40. The quantitative estimate of drug-likeness (QED) is 0.298. The number of rotatable bonds is 2. The molecule has 1 aromatic carbocycles. The number of aromatic amines is 1. The molecule has 0 bridgehead atoms. The molecular weight excluding hydrogens is 500 g/mol. The average Bonchev–Trinajstić information content (AvgIpc) is 3.58. The molecule has 204 valence electrons. The molecule has 0 unspecified atom stereocenters. The number of amides is 1. The molecule has 1 atom stereocenters. The number of carbonyl (C=O) groups excluding carboxylic acids is 1. The van der Waals surface area contributed by atoms with Crippen LogP contribution in [0, 0.1) is 18.8 Å². The molecule has 1 saturated heterocycles. The van der Waals surface area contributed by atoms with Crippen LogP contribution in [0.2, 0.25) is 0 Å². The highest BCUT2D eigenvalue weighted by Gasteiger charge is 2.35. The molecule has 6 rings (SSSR count). The van der Waals surface area contributed by atoms with Crippen LogP contribution < -0.4 is 0 Å². The smallest absolute Gasteiger partial charge is 0.410 e. The summed E-state index contributed by atoms with van der Waals surface area (Å²) in [5.41, 5.74) is 8.89. The van der Waals surface area contributed by atoms with Gasteiger partial charge in [-0.25, -0.2) is 9.78 Å². The van der Waals surface area contributed by atoms with E-state index in [1.165, 1.54) is 11.1 Å². The van der Waals surface area contributed by atoms with Crippen LogP contribution >= 0.6 is 0 Å². The van der Waals surface area contributed by atoms with E-state index in [2.05, 4.69) is 40.0 Å². The van der Waals surface area contributed by atoms with Gasteiger partial charge >= 0.3 is 6.09 Å². The Kier molecular flexibility index (Phi) is 6.81. The molecule has 2 aliphatic heterocycles. The van der Waals surface area contributed by atoms with E-state index in [1.54, 1.807) is 12.4 Å². The molecule has 7 nitrogen and oxygen atoms in total. The summed E-state index contributed by atoms with van der Waals surface area (Å²) in [6, 6.07) is 8.56. The van der Waals surface area contributed by atoms with Gasteiger partial charge in [0.25, 0.3) is 0 Å². The van der Waals surface area contributed by atoms with Crippen molar-refractivity contribution in [3.05, 3.63) is 82.4 Å². The zero-order valence-corrected chi connectivity index (χ0v) is 23.5. The van der Waals surface area contributed by atoms with Gasteiger partial charge in [0.1, 0.15) is 11.2 Å². The number of benzene rings is 1. The number of hydrogen-bond donors (Lipinski definition) is 1. The van der Waals surface area contributed by atoms with Gasteiger partial charge in [-0.2, -0.15) is 0 Å². The van der Waals surface area contributed by atoms with Crippen molar-refractivity contribution in [3.8, 4) is 23.0 Å². The molecule has 0 saturated carbocycles. The maximum Gasteiger partial charge on any atom is 0.410 e. The van der Waals surface area contributed by atoms with Crippen molar-refractivity contribution in [2.75, 3.05) is 13.2 Å². The number of hydrogen-bond acceptors (Lipinski definition) is 5. The van der Waals surface area contributed by atoms with Crippen LogP contribution in [0.1, 0.15) is 73.0 Å². The fourth-order valence-electron chi connectivity index (χ4n) is 5.60. The number of likely N-dealkylation sites (tertiary alicyclic amines) is 1. The van der Waals surface area contributed by atoms with E-state index >= 15 is 0 Å². The van der Waals surface area contributed by atoms with Crippen molar-refractivity contribution in [2.24, 2.45) is 0 Å². The van der Waals surface area contributed by atoms with Gasteiger partial charge in [0.05, 0.1) is 24.8 Å². The highest BCUT2D eigenvalue weighted by atomic mass is 16.6. The Morgan fingerprint density at radius 1 is 1.15 bits per heavy atom. The maximum atomic E-state index is 13.1. The van der Waals surface area contributed by atoms with E-state index in [1.807, 2.05) is 51.1 Å². The Labute approximate surface area is 234 Å². The number of nitrogens with one attached hydrogen (secondary N) is 1. The molecule has 2 aliphatic rings. The molecule has 3 aromatic heterocycles. The van der Waals surface area contributed by atoms with Crippen molar-refractivity contribution < 1.29 is 14.3 Å². The first kappa shape index (κ1) is 26.1. The number of nitrogens with zero attached hydrogens (tertiary/aromatic N) is 3. The number of H-pyrrole nitrogens is 1. The van der Waals surface area contributed by atoms with Crippen LogP contribution in [0.15, 0.2) is 49.1 Å². The summed E-state index contributed by atoms with van der Waals surface area (Å²) in [4.78, 5) is 27.2. The molecule has 1 N–H and O–H groups in total. The molecule has 0 radical (unpaired) electrons. The van der Waals surface area contributed by atoms with Gasteiger partial charge in [-0.05, 0) is 93.0 Å². The van der Waals surface area contributed by atoms with Crippen LogP contribution in [-0.4, -0.2) is 44.7 Å². The lowest BCUT2D eigenvalue weighted by atomic mass is 9.88. The molecule has 7 heteroatoms. The summed E-state index contributed by atoms with van der Waals surface area (Å²) in [5, 5.41) is 0.977. The lowest BCUT2D eigenvalue weighted by Gasteiger charge is -2.31. The summed E-state index contributed by atoms with van der Waals surface area (Å²) < 4.78 is 11.7.